The second-order valence-electron chi connectivity index (χ2n) is 5.08. The average Bonchev–Trinajstić information content (AvgIpc) is 3.04. The van der Waals surface area contributed by atoms with Gasteiger partial charge < -0.3 is 14.6 Å². The Morgan fingerprint density at radius 3 is 2.71 bits per heavy atom. The summed E-state index contributed by atoms with van der Waals surface area (Å²) in [6.45, 7) is 0.283. The number of esters is 1. The maximum Gasteiger partial charge on any atom is 0.345 e. The molecule has 24 heavy (non-hydrogen) atoms. The summed E-state index contributed by atoms with van der Waals surface area (Å²) in [5.41, 5.74) is 2.05. The minimum absolute atomic E-state index is 0.185. The number of methoxy groups -OCH3 is 1. The fraction of sp³-hybridized carbons (Fsp3) is 0.111. The van der Waals surface area contributed by atoms with E-state index in [1.807, 2.05) is 30.3 Å². The highest BCUT2D eigenvalue weighted by atomic mass is 19.1. The van der Waals surface area contributed by atoms with Crippen LogP contribution in [0, 0.1) is 5.82 Å². The molecule has 0 atom stereocenters. The van der Waals surface area contributed by atoms with E-state index >= 15 is 0 Å². The van der Waals surface area contributed by atoms with Crippen LogP contribution in [-0.4, -0.2) is 18.2 Å². The molecule has 0 amide bonds. The first-order valence-electron chi connectivity index (χ1n) is 7.30. The van der Waals surface area contributed by atoms with Crippen LogP contribution in [-0.2, 0) is 11.3 Å². The van der Waals surface area contributed by atoms with Gasteiger partial charge in [-0.15, -0.1) is 0 Å². The van der Waals surface area contributed by atoms with Crippen LogP contribution in [0.15, 0.2) is 59.1 Å². The number of rotatable bonds is 5. The van der Waals surface area contributed by atoms with Gasteiger partial charge in [0.05, 0.1) is 7.11 Å². The van der Waals surface area contributed by atoms with Crippen LogP contribution in [0.5, 0.6) is 0 Å². The Morgan fingerprint density at radius 2 is 2.00 bits per heavy atom. The molecule has 3 aromatic rings. The van der Waals surface area contributed by atoms with Crippen molar-refractivity contribution in [3.05, 3.63) is 71.5 Å². The minimum Gasteiger partial charge on any atom is -0.465 e. The van der Waals surface area contributed by atoms with Crippen molar-refractivity contribution in [1.82, 2.24) is 5.16 Å². The number of carbonyl (C=O) groups excluding carboxylic acids is 1. The first-order valence-corrected chi connectivity index (χ1v) is 7.30. The molecule has 6 heteroatoms. The van der Waals surface area contributed by atoms with Crippen molar-refractivity contribution in [2.45, 2.75) is 6.54 Å². The van der Waals surface area contributed by atoms with Gasteiger partial charge in [-0.2, -0.15) is 0 Å². The Morgan fingerprint density at radius 1 is 1.21 bits per heavy atom. The largest absolute Gasteiger partial charge is 0.465 e. The highest BCUT2D eigenvalue weighted by Gasteiger charge is 2.24. The van der Waals surface area contributed by atoms with E-state index in [1.165, 1.54) is 19.2 Å². The Kier molecular flexibility index (Phi) is 4.56. The summed E-state index contributed by atoms with van der Waals surface area (Å²) in [7, 11) is 1.29. The second-order valence-corrected chi connectivity index (χ2v) is 5.08. The third-order valence-electron chi connectivity index (χ3n) is 3.47. The molecule has 1 aromatic heterocycles. The number of halogens is 1. The first-order chi connectivity index (χ1) is 11.7. The van der Waals surface area contributed by atoms with Crippen molar-refractivity contribution in [3.63, 3.8) is 0 Å². The molecule has 3 rings (SSSR count). The molecule has 0 fully saturated rings. The van der Waals surface area contributed by atoms with Gasteiger partial charge in [0, 0.05) is 12.1 Å². The Labute approximate surface area is 138 Å². The molecule has 0 saturated carbocycles. The van der Waals surface area contributed by atoms with Gasteiger partial charge in [-0.1, -0.05) is 47.6 Å². The summed E-state index contributed by atoms with van der Waals surface area (Å²) in [5, 5.41) is 6.94. The van der Waals surface area contributed by atoms with Gasteiger partial charge in [-0.05, 0) is 17.7 Å². The van der Waals surface area contributed by atoms with Gasteiger partial charge in [0.1, 0.15) is 11.5 Å². The van der Waals surface area contributed by atoms with E-state index < -0.39 is 5.97 Å². The third kappa shape index (κ3) is 3.27. The highest BCUT2D eigenvalue weighted by molar-refractivity contribution is 6.00. The molecule has 0 aliphatic carbocycles. The number of nitrogens with one attached hydrogen (secondary N) is 1. The molecular formula is C18H15FN2O3. The van der Waals surface area contributed by atoms with Gasteiger partial charge in [0.2, 0.25) is 5.88 Å². The van der Waals surface area contributed by atoms with E-state index in [2.05, 4.69) is 10.5 Å². The summed E-state index contributed by atoms with van der Waals surface area (Å²) in [4.78, 5) is 12.1. The predicted octanol–water partition coefficient (Wildman–Crippen LogP) is 3.88. The maximum absolute atomic E-state index is 13.2. The molecule has 0 bridgehead atoms. The van der Waals surface area contributed by atoms with Crippen LogP contribution in [0.1, 0.15) is 15.9 Å². The van der Waals surface area contributed by atoms with E-state index in [9.17, 15) is 9.18 Å². The number of hydrogen-bond donors (Lipinski definition) is 1. The lowest BCUT2D eigenvalue weighted by atomic mass is 10.1. The smallest absolute Gasteiger partial charge is 0.345 e. The normalized spacial score (nSPS) is 10.4. The van der Waals surface area contributed by atoms with E-state index in [0.717, 1.165) is 5.56 Å². The molecule has 2 aromatic carbocycles. The van der Waals surface area contributed by atoms with Crippen LogP contribution in [0.2, 0.25) is 0 Å². The lowest BCUT2D eigenvalue weighted by Gasteiger charge is -2.05. The summed E-state index contributed by atoms with van der Waals surface area (Å²) in [6, 6.07) is 15.3. The summed E-state index contributed by atoms with van der Waals surface area (Å²) >= 11 is 0. The number of carbonyl (C=O) groups is 1. The van der Waals surface area contributed by atoms with Crippen molar-refractivity contribution >= 4 is 11.9 Å². The average molecular weight is 326 g/mol. The predicted molar refractivity (Wildman–Crippen MR) is 87.0 cm³/mol. The summed E-state index contributed by atoms with van der Waals surface area (Å²) in [6.07, 6.45) is 0. The van der Waals surface area contributed by atoms with Crippen LogP contribution < -0.4 is 5.32 Å². The standard InChI is InChI=1S/C18H15FN2O3/c1-23-18(22)15-16(13-7-3-2-4-8-13)21-24-17(15)20-11-12-6-5-9-14(19)10-12/h2-10,20H,11H2,1H3. The van der Waals surface area contributed by atoms with Crippen molar-refractivity contribution in [2.75, 3.05) is 12.4 Å². The van der Waals surface area contributed by atoms with Gasteiger partial charge in [-0.25, -0.2) is 9.18 Å². The molecule has 0 spiro atoms. The number of nitrogens with zero attached hydrogens (tertiary/aromatic N) is 1. The van der Waals surface area contributed by atoms with Gasteiger partial charge in [-0.3, -0.25) is 0 Å². The quantitative estimate of drug-likeness (QED) is 0.721. The number of anilines is 1. The van der Waals surface area contributed by atoms with Crippen molar-refractivity contribution < 1.29 is 18.4 Å². The molecule has 5 nitrogen and oxygen atoms in total. The minimum atomic E-state index is -0.558. The molecule has 122 valence electrons. The SMILES string of the molecule is COC(=O)c1c(-c2ccccc2)noc1NCc1cccc(F)c1. The molecule has 0 radical (unpaired) electrons. The molecule has 0 aliphatic heterocycles. The van der Waals surface area contributed by atoms with Crippen molar-refractivity contribution in [2.24, 2.45) is 0 Å². The van der Waals surface area contributed by atoms with Crippen LogP contribution >= 0.6 is 0 Å². The van der Waals surface area contributed by atoms with Gasteiger partial charge in [0.15, 0.2) is 5.56 Å². The zero-order chi connectivity index (χ0) is 16.9. The third-order valence-corrected chi connectivity index (χ3v) is 3.47. The molecular weight excluding hydrogens is 311 g/mol. The second kappa shape index (κ2) is 6.95. The lowest BCUT2D eigenvalue weighted by molar-refractivity contribution is 0.0602. The van der Waals surface area contributed by atoms with Crippen LogP contribution in [0.3, 0.4) is 0 Å². The fourth-order valence-electron chi connectivity index (χ4n) is 2.32. The van der Waals surface area contributed by atoms with Crippen LogP contribution in [0.25, 0.3) is 11.3 Å². The zero-order valence-corrected chi connectivity index (χ0v) is 13.0. The molecule has 1 heterocycles. The fourth-order valence-corrected chi connectivity index (χ4v) is 2.32. The molecule has 0 unspecified atom stereocenters. The Bertz CT molecular complexity index is 846. The zero-order valence-electron chi connectivity index (χ0n) is 13.0. The molecule has 1 N–H and O–H groups in total. The topological polar surface area (TPSA) is 64.4 Å². The van der Waals surface area contributed by atoms with E-state index in [1.54, 1.807) is 12.1 Å². The Balaban J connectivity index is 1.90. The van der Waals surface area contributed by atoms with Gasteiger partial charge >= 0.3 is 5.97 Å². The molecule has 0 saturated heterocycles. The number of aromatic nitrogens is 1. The Hall–Kier alpha value is -3.15. The lowest BCUT2D eigenvalue weighted by Crippen LogP contribution is -2.07. The monoisotopic (exact) mass is 326 g/mol. The maximum atomic E-state index is 13.2. The summed E-state index contributed by atoms with van der Waals surface area (Å²) in [5.74, 6) is -0.702. The number of hydrogen-bond acceptors (Lipinski definition) is 5. The van der Waals surface area contributed by atoms with E-state index in [-0.39, 0.29) is 23.8 Å². The first kappa shape index (κ1) is 15.7. The number of benzene rings is 2. The van der Waals surface area contributed by atoms with Crippen molar-refractivity contribution in [1.29, 1.82) is 0 Å². The van der Waals surface area contributed by atoms with Gasteiger partial charge in [0.25, 0.3) is 0 Å². The summed E-state index contributed by atoms with van der Waals surface area (Å²) < 4.78 is 23.3. The van der Waals surface area contributed by atoms with E-state index in [4.69, 9.17) is 9.26 Å². The van der Waals surface area contributed by atoms with Crippen LogP contribution in [0.4, 0.5) is 10.3 Å². The molecule has 0 aliphatic rings. The van der Waals surface area contributed by atoms with Crippen molar-refractivity contribution in [3.8, 4) is 11.3 Å². The number of ether oxygens (including phenoxy) is 1. The van der Waals surface area contributed by atoms with E-state index in [0.29, 0.717) is 11.3 Å². The highest BCUT2D eigenvalue weighted by Crippen LogP contribution is 2.29.